The van der Waals surface area contributed by atoms with Gasteiger partial charge in [0.2, 0.25) is 0 Å². The fraction of sp³-hybridized carbons (Fsp3) is 0.632. The molecule has 1 aromatic rings. The van der Waals surface area contributed by atoms with Gasteiger partial charge in [0, 0.05) is 26.2 Å². The molecule has 0 radical (unpaired) electrons. The number of nitrogens with one attached hydrogen (secondary N) is 2. The SMILES string of the molecule is CCNC(=NCC1CCCN(C)C1)NCCc1ccc(C(F)(F)F)cc1. The quantitative estimate of drug-likeness (QED) is 0.597. The summed E-state index contributed by atoms with van der Waals surface area (Å²) in [5.74, 6) is 1.35. The van der Waals surface area contributed by atoms with Gasteiger partial charge in [-0.05, 0) is 63.4 Å². The summed E-state index contributed by atoms with van der Waals surface area (Å²) in [5, 5.41) is 6.49. The highest BCUT2D eigenvalue weighted by atomic mass is 19.4. The lowest BCUT2D eigenvalue weighted by molar-refractivity contribution is -0.137. The number of piperidine rings is 1. The van der Waals surface area contributed by atoms with Gasteiger partial charge in [0.25, 0.3) is 0 Å². The van der Waals surface area contributed by atoms with E-state index in [0.29, 0.717) is 18.9 Å². The molecule has 2 rings (SSSR count). The number of halogens is 3. The summed E-state index contributed by atoms with van der Waals surface area (Å²) in [6.45, 7) is 6.44. The molecule has 1 saturated heterocycles. The van der Waals surface area contributed by atoms with Crippen LogP contribution in [0.3, 0.4) is 0 Å². The van der Waals surface area contributed by atoms with E-state index in [2.05, 4.69) is 27.6 Å². The Morgan fingerprint density at radius 2 is 1.96 bits per heavy atom. The zero-order valence-electron chi connectivity index (χ0n) is 15.6. The van der Waals surface area contributed by atoms with Crippen molar-refractivity contribution in [1.29, 1.82) is 0 Å². The zero-order chi connectivity index (χ0) is 19.0. The lowest BCUT2D eigenvalue weighted by Crippen LogP contribution is -2.39. The maximum atomic E-state index is 12.6. The predicted octanol–water partition coefficient (Wildman–Crippen LogP) is 3.14. The average Bonchev–Trinajstić information content (AvgIpc) is 2.59. The molecule has 1 aromatic carbocycles. The van der Waals surface area contributed by atoms with Crippen molar-refractivity contribution in [3.8, 4) is 0 Å². The van der Waals surface area contributed by atoms with Crippen LogP contribution >= 0.6 is 0 Å². The highest BCUT2D eigenvalue weighted by Crippen LogP contribution is 2.29. The van der Waals surface area contributed by atoms with Gasteiger partial charge < -0.3 is 15.5 Å². The molecule has 0 saturated carbocycles. The molecule has 1 unspecified atom stereocenters. The maximum absolute atomic E-state index is 12.6. The van der Waals surface area contributed by atoms with Crippen molar-refractivity contribution in [3.63, 3.8) is 0 Å². The molecule has 146 valence electrons. The van der Waals surface area contributed by atoms with Crippen molar-refractivity contribution in [1.82, 2.24) is 15.5 Å². The molecule has 0 aromatic heterocycles. The van der Waals surface area contributed by atoms with Gasteiger partial charge in [0.1, 0.15) is 0 Å². The van der Waals surface area contributed by atoms with E-state index in [9.17, 15) is 13.2 Å². The second-order valence-corrected chi connectivity index (χ2v) is 6.86. The van der Waals surface area contributed by atoms with E-state index in [1.54, 1.807) is 0 Å². The van der Waals surface area contributed by atoms with E-state index in [4.69, 9.17) is 0 Å². The Hall–Kier alpha value is -1.76. The van der Waals surface area contributed by atoms with Gasteiger partial charge in [-0.3, -0.25) is 4.99 Å². The van der Waals surface area contributed by atoms with Gasteiger partial charge in [-0.15, -0.1) is 0 Å². The van der Waals surface area contributed by atoms with E-state index in [1.165, 1.54) is 25.0 Å². The van der Waals surface area contributed by atoms with Gasteiger partial charge in [0.05, 0.1) is 5.56 Å². The summed E-state index contributed by atoms with van der Waals surface area (Å²) in [6, 6.07) is 5.33. The summed E-state index contributed by atoms with van der Waals surface area (Å²) in [4.78, 5) is 7.01. The summed E-state index contributed by atoms with van der Waals surface area (Å²) >= 11 is 0. The zero-order valence-corrected chi connectivity index (χ0v) is 15.6. The molecular formula is C19H29F3N4. The second kappa shape index (κ2) is 9.80. The van der Waals surface area contributed by atoms with E-state index in [-0.39, 0.29) is 0 Å². The minimum absolute atomic E-state index is 0.583. The number of rotatable bonds is 6. The molecule has 2 N–H and O–H groups in total. The van der Waals surface area contributed by atoms with Crippen molar-refractivity contribution in [2.24, 2.45) is 10.9 Å². The van der Waals surface area contributed by atoms with E-state index >= 15 is 0 Å². The van der Waals surface area contributed by atoms with Gasteiger partial charge in [-0.25, -0.2) is 0 Å². The van der Waals surface area contributed by atoms with Gasteiger partial charge in [0.15, 0.2) is 5.96 Å². The third-order valence-electron chi connectivity index (χ3n) is 4.56. The van der Waals surface area contributed by atoms with Crippen LogP contribution in [0.25, 0.3) is 0 Å². The Kier molecular flexibility index (Phi) is 7.75. The van der Waals surface area contributed by atoms with Crippen LogP contribution in [0.4, 0.5) is 13.2 Å². The Bertz CT molecular complexity index is 569. The lowest BCUT2D eigenvalue weighted by Gasteiger charge is -2.28. The Morgan fingerprint density at radius 1 is 1.23 bits per heavy atom. The summed E-state index contributed by atoms with van der Waals surface area (Å²) in [6.07, 6.45) is -1.21. The molecule has 0 amide bonds. The third kappa shape index (κ3) is 6.86. The summed E-state index contributed by atoms with van der Waals surface area (Å²) < 4.78 is 37.8. The number of alkyl halides is 3. The van der Waals surface area contributed by atoms with Crippen LogP contribution in [0.1, 0.15) is 30.9 Å². The number of nitrogens with zero attached hydrogens (tertiary/aromatic N) is 2. The highest BCUT2D eigenvalue weighted by molar-refractivity contribution is 5.79. The monoisotopic (exact) mass is 370 g/mol. The molecule has 0 bridgehead atoms. The van der Waals surface area contributed by atoms with Gasteiger partial charge in [-0.2, -0.15) is 13.2 Å². The van der Waals surface area contributed by atoms with Gasteiger partial charge >= 0.3 is 6.18 Å². The molecule has 4 nitrogen and oxygen atoms in total. The molecule has 1 heterocycles. The van der Waals surface area contributed by atoms with Crippen LogP contribution in [-0.4, -0.2) is 50.6 Å². The topological polar surface area (TPSA) is 39.7 Å². The van der Waals surface area contributed by atoms with Crippen LogP contribution < -0.4 is 10.6 Å². The number of guanidine groups is 1. The van der Waals surface area contributed by atoms with Crippen LogP contribution in [0.5, 0.6) is 0 Å². The fourth-order valence-corrected chi connectivity index (χ4v) is 3.17. The molecule has 1 atom stereocenters. The molecule has 0 spiro atoms. The van der Waals surface area contributed by atoms with Crippen molar-refractivity contribution in [2.75, 3.05) is 39.8 Å². The van der Waals surface area contributed by atoms with Crippen molar-refractivity contribution >= 4 is 5.96 Å². The van der Waals surface area contributed by atoms with Crippen LogP contribution in [0, 0.1) is 5.92 Å². The first-order chi connectivity index (χ1) is 12.4. The van der Waals surface area contributed by atoms with Crippen LogP contribution in [0.2, 0.25) is 0 Å². The normalized spacial score (nSPS) is 19.4. The number of aliphatic imine (C=N–C) groups is 1. The van der Waals surface area contributed by atoms with Crippen molar-refractivity contribution < 1.29 is 13.2 Å². The number of benzene rings is 1. The Labute approximate surface area is 153 Å². The predicted molar refractivity (Wildman–Crippen MR) is 99.4 cm³/mol. The maximum Gasteiger partial charge on any atom is 0.416 e. The minimum Gasteiger partial charge on any atom is -0.357 e. The van der Waals surface area contributed by atoms with Crippen LogP contribution in [-0.2, 0) is 12.6 Å². The van der Waals surface area contributed by atoms with Crippen molar-refractivity contribution in [3.05, 3.63) is 35.4 Å². The first-order valence-corrected chi connectivity index (χ1v) is 9.25. The number of hydrogen-bond donors (Lipinski definition) is 2. The summed E-state index contributed by atoms with van der Waals surface area (Å²) in [7, 11) is 2.14. The molecule has 0 aliphatic carbocycles. The second-order valence-electron chi connectivity index (χ2n) is 6.86. The first-order valence-electron chi connectivity index (χ1n) is 9.25. The molecule has 26 heavy (non-hydrogen) atoms. The molecular weight excluding hydrogens is 341 g/mol. The average molecular weight is 370 g/mol. The summed E-state index contributed by atoms with van der Waals surface area (Å²) in [5.41, 5.74) is 0.261. The number of hydrogen-bond acceptors (Lipinski definition) is 2. The Balaban J connectivity index is 1.81. The first kappa shape index (κ1) is 20.6. The van der Waals surface area contributed by atoms with Gasteiger partial charge in [-0.1, -0.05) is 12.1 Å². The minimum atomic E-state index is -4.28. The fourth-order valence-electron chi connectivity index (χ4n) is 3.17. The Morgan fingerprint density at radius 3 is 2.58 bits per heavy atom. The molecule has 1 fully saturated rings. The van der Waals surface area contributed by atoms with Crippen LogP contribution in [0.15, 0.2) is 29.3 Å². The third-order valence-corrected chi connectivity index (χ3v) is 4.56. The molecule has 1 aliphatic rings. The number of likely N-dealkylation sites (tertiary alicyclic amines) is 1. The van der Waals surface area contributed by atoms with Crippen molar-refractivity contribution in [2.45, 2.75) is 32.4 Å². The standard InChI is InChI=1S/C19H29F3N4/c1-3-23-18(25-13-16-5-4-12-26(2)14-16)24-11-10-15-6-8-17(9-7-15)19(20,21)22/h6-9,16H,3-5,10-14H2,1-2H3,(H2,23,24,25). The van der Waals surface area contributed by atoms with E-state index in [0.717, 1.165) is 49.8 Å². The van der Waals surface area contributed by atoms with E-state index in [1.807, 2.05) is 6.92 Å². The smallest absolute Gasteiger partial charge is 0.357 e. The van der Waals surface area contributed by atoms with E-state index < -0.39 is 11.7 Å². The molecule has 1 aliphatic heterocycles. The lowest BCUT2D eigenvalue weighted by atomic mass is 9.99. The largest absolute Gasteiger partial charge is 0.416 e. The molecule has 7 heteroatoms. The highest BCUT2D eigenvalue weighted by Gasteiger charge is 2.29.